The first-order valence-corrected chi connectivity index (χ1v) is 15.1. The number of amides is 2. The lowest BCUT2D eigenvalue weighted by Crippen LogP contribution is -2.50. The summed E-state index contributed by atoms with van der Waals surface area (Å²) in [4.78, 5) is 26.6. The summed E-state index contributed by atoms with van der Waals surface area (Å²) in [7, 11) is 0. The maximum Gasteiger partial charge on any atom is 0.251 e. The van der Waals surface area contributed by atoms with Crippen LogP contribution in [0.1, 0.15) is 56.5 Å². The van der Waals surface area contributed by atoms with Gasteiger partial charge in [0.1, 0.15) is 17.3 Å². The molecule has 0 saturated heterocycles. The van der Waals surface area contributed by atoms with Crippen molar-refractivity contribution in [1.82, 2.24) is 5.32 Å². The molecule has 3 aromatic carbocycles. The highest BCUT2D eigenvalue weighted by Crippen LogP contribution is 2.38. The van der Waals surface area contributed by atoms with Gasteiger partial charge < -0.3 is 25.8 Å². The lowest BCUT2D eigenvalue weighted by molar-refractivity contribution is -0.119. The summed E-state index contributed by atoms with van der Waals surface area (Å²) in [6.45, 7) is 9.26. The Morgan fingerprint density at radius 2 is 1.63 bits per heavy atom. The molecule has 0 spiro atoms. The number of carbonyl (C=O) groups is 2. The van der Waals surface area contributed by atoms with E-state index in [2.05, 4.69) is 31.4 Å². The minimum Gasteiger partial charge on any atom is -0.493 e. The molecule has 4 N–H and O–H groups in total. The summed E-state index contributed by atoms with van der Waals surface area (Å²) in [6, 6.07) is 19.8. The third kappa shape index (κ3) is 10.1. The molecule has 230 valence electrons. The number of rotatable bonds is 15. The molecule has 0 heterocycles. The summed E-state index contributed by atoms with van der Waals surface area (Å²) in [5.74, 6) is 1.35. The largest absolute Gasteiger partial charge is 0.493 e. The van der Waals surface area contributed by atoms with Crippen molar-refractivity contribution in [2.24, 2.45) is 29.4 Å². The monoisotopic (exact) mass is 589 g/mol. The number of anilines is 1. The minimum absolute atomic E-state index is 0.228. The van der Waals surface area contributed by atoms with Gasteiger partial charge >= 0.3 is 0 Å². The number of benzene rings is 3. The Kier molecular flexibility index (Phi) is 11.2. The van der Waals surface area contributed by atoms with Crippen molar-refractivity contribution in [2.45, 2.75) is 59.0 Å². The van der Waals surface area contributed by atoms with Crippen LogP contribution in [0.15, 0.2) is 72.8 Å². The van der Waals surface area contributed by atoms with Crippen LogP contribution >= 0.6 is 0 Å². The van der Waals surface area contributed by atoms with Crippen LogP contribution < -0.4 is 25.8 Å². The second-order valence-electron chi connectivity index (χ2n) is 12.2. The number of ether oxygens (including phenoxy) is 2. The molecule has 4 rings (SSSR count). The van der Waals surface area contributed by atoms with Crippen LogP contribution in [0, 0.1) is 29.5 Å². The van der Waals surface area contributed by atoms with Crippen molar-refractivity contribution in [1.29, 1.82) is 0 Å². The van der Waals surface area contributed by atoms with Crippen LogP contribution in [0.25, 0.3) is 0 Å². The Bertz CT molecular complexity index is 1350. The van der Waals surface area contributed by atoms with Crippen molar-refractivity contribution in [3.05, 3.63) is 89.7 Å². The van der Waals surface area contributed by atoms with Gasteiger partial charge in [0.15, 0.2) is 0 Å². The lowest BCUT2D eigenvalue weighted by atomic mass is 9.92. The maximum atomic E-state index is 13.7. The first-order chi connectivity index (χ1) is 20.6. The number of halogens is 1. The second-order valence-corrected chi connectivity index (χ2v) is 12.2. The van der Waals surface area contributed by atoms with Crippen LogP contribution in [0.5, 0.6) is 11.5 Å². The number of carbonyl (C=O) groups excluding carboxylic acids is 2. The second kappa shape index (κ2) is 15.0. The number of nitrogens with two attached hydrogens (primary N) is 1. The van der Waals surface area contributed by atoms with Crippen LogP contribution in [-0.2, 0) is 11.2 Å². The van der Waals surface area contributed by atoms with Crippen molar-refractivity contribution in [3.63, 3.8) is 0 Å². The summed E-state index contributed by atoms with van der Waals surface area (Å²) < 4.78 is 25.3. The van der Waals surface area contributed by atoms with E-state index in [0.29, 0.717) is 66.6 Å². The van der Waals surface area contributed by atoms with Gasteiger partial charge in [-0.25, -0.2) is 4.39 Å². The molecule has 0 bridgehead atoms. The predicted octanol–water partition coefficient (Wildman–Crippen LogP) is 6.23. The maximum absolute atomic E-state index is 13.7. The zero-order valence-electron chi connectivity index (χ0n) is 25.5. The first-order valence-electron chi connectivity index (χ1n) is 15.1. The zero-order chi connectivity index (χ0) is 30.9. The van der Waals surface area contributed by atoms with E-state index in [1.807, 2.05) is 36.4 Å². The number of hydrogen-bond donors (Lipinski definition) is 3. The Balaban J connectivity index is 1.48. The SMILES string of the molecule is CC(C)COc1cc(OCC2CC2C)cc(C(=O)N[C@@H](Cc2ccccc2)[C@@H](N)C[C@@H](C)C(=O)Nc2ccc(F)cc2)c1. The van der Waals surface area contributed by atoms with E-state index in [-0.39, 0.29) is 17.6 Å². The molecule has 0 aromatic heterocycles. The fraction of sp³-hybridized carbons (Fsp3) is 0.429. The van der Waals surface area contributed by atoms with Gasteiger partial charge in [-0.05, 0) is 79.0 Å². The van der Waals surface area contributed by atoms with E-state index in [1.165, 1.54) is 24.3 Å². The molecule has 2 unspecified atom stereocenters. The Labute approximate surface area is 254 Å². The van der Waals surface area contributed by atoms with Gasteiger partial charge in [0.05, 0.1) is 13.2 Å². The van der Waals surface area contributed by atoms with Crippen molar-refractivity contribution >= 4 is 17.5 Å². The summed E-state index contributed by atoms with van der Waals surface area (Å²) >= 11 is 0. The normalized spacial score (nSPS) is 17.9. The molecule has 43 heavy (non-hydrogen) atoms. The molecule has 1 fully saturated rings. The standard InChI is InChI=1S/C35H44FN3O4/c1-22(2)20-42-30-17-26(18-31(19-30)43-21-27-14-23(27)3)35(41)39-33(16-25-8-6-5-7-9-25)32(37)15-24(4)34(40)38-29-12-10-28(36)11-13-29/h5-13,17-19,22-24,27,32-33H,14-16,20-21,37H2,1-4H3,(H,38,40)(H,39,41)/t23?,24-,27?,32+,33+/m1/s1. The smallest absolute Gasteiger partial charge is 0.251 e. The van der Waals surface area contributed by atoms with Crippen molar-refractivity contribution in [2.75, 3.05) is 18.5 Å². The van der Waals surface area contributed by atoms with E-state index in [9.17, 15) is 14.0 Å². The average Bonchev–Trinajstić information content (AvgIpc) is 3.70. The molecule has 8 heteroatoms. The van der Waals surface area contributed by atoms with Crippen molar-refractivity contribution in [3.8, 4) is 11.5 Å². The van der Waals surface area contributed by atoms with Gasteiger partial charge in [-0.15, -0.1) is 0 Å². The zero-order valence-corrected chi connectivity index (χ0v) is 25.5. The van der Waals surface area contributed by atoms with Crippen LogP contribution in [0.4, 0.5) is 10.1 Å². The highest BCUT2D eigenvalue weighted by atomic mass is 19.1. The summed E-state index contributed by atoms with van der Waals surface area (Å²) in [6.07, 6.45) is 1.97. The topological polar surface area (TPSA) is 103 Å². The first kappa shape index (κ1) is 32.0. The predicted molar refractivity (Wildman–Crippen MR) is 168 cm³/mol. The number of nitrogens with one attached hydrogen (secondary N) is 2. The van der Waals surface area contributed by atoms with Crippen molar-refractivity contribution < 1.29 is 23.5 Å². The molecular weight excluding hydrogens is 545 g/mol. The van der Waals surface area contributed by atoms with E-state index in [1.54, 1.807) is 19.1 Å². The molecule has 1 saturated carbocycles. The quantitative estimate of drug-likeness (QED) is 0.195. The fourth-order valence-corrected chi connectivity index (χ4v) is 4.87. The molecule has 7 nitrogen and oxygen atoms in total. The Morgan fingerprint density at radius 3 is 2.26 bits per heavy atom. The average molecular weight is 590 g/mol. The highest BCUT2D eigenvalue weighted by molar-refractivity contribution is 5.95. The van der Waals surface area contributed by atoms with E-state index < -0.39 is 18.0 Å². The molecule has 0 aliphatic heterocycles. The molecule has 1 aliphatic carbocycles. The third-order valence-electron chi connectivity index (χ3n) is 7.78. The molecule has 2 amide bonds. The lowest BCUT2D eigenvalue weighted by Gasteiger charge is -2.27. The van der Waals surface area contributed by atoms with Gasteiger partial charge in [0, 0.05) is 35.3 Å². The van der Waals surface area contributed by atoms with Gasteiger partial charge in [-0.3, -0.25) is 9.59 Å². The number of hydrogen-bond acceptors (Lipinski definition) is 5. The van der Waals surface area contributed by atoms with Gasteiger partial charge in [0.2, 0.25) is 5.91 Å². The summed E-state index contributed by atoms with van der Waals surface area (Å²) in [5, 5.41) is 5.95. The van der Waals surface area contributed by atoms with E-state index in [4.69, 9.17) is 15.2 Å². The molecule has 1 aliphatic rings. The Hall–Kier alpha value is -3.91. The minimum atomic E-state index is -0.523. The van der Waals surface area contributed by atoms with E-state index >= 15 is 0 Å². The van der Waals surface area contributed by atoms with Crippen LogP contribution in [0.2, 0.25) is 0 Å². The Morgan fingerprint density at radius 1 is 0.977 bits per heavy atom. The molecular formula is C35H44FN3O4. The highest BCUT2D eigenvalue weighted by Gasteiger charge is 2.33. The van der Waals surface area contributed by atoms with Gasteiger partial charge in [-0.2, -0.15) is 0 Å². The van der Waals surface area contributed by atoms with E-state index in [0.717, 1.165) is 12.0 Å². The summed E-state index contributed by atoms with van der Waals surface area (Å²) in [5.41, 5.74) is 8.64. The molecule has 5 atom stereocenters. The molecule has 3 aromatic rings. The third-order valence-corrected chi connectivity index (χ3v) is 7.78. The van der Waals surface area contributed by atoms with Crippen LogP contribution in [0.3, 0.4) is 0 Å². The van der Waals surface area contributed by atoms with Gasteiger partial charge in [-0.1, -0.05) is 58.0 Å². The molecule has 0 radical (unpaired) electrons. The van der Waals surface area contributed by atoms with Gasteiger partial charge in [0.25, 0.3) is 5.91 Å². The van der Waals surface area contributed by atoms with Crippen LogP contribution in [-0.4, -0.2) is 37.1 Å². The fourth-order valence-electron chi connectivity index (χ4n) is 4.87.